The van der Waals surface area contributed by atoms with Gasteiger partial charge in [0, 0.05) is 19.3 Å². The number of nitrogen functional groups attached to an aromatic ring is 1. The lowest BCUT2D eigenvalue weighted by Crippen LogP contribution is -2.28. The standard InChI is InChI=1S/C16H27N3O/c1-3-19-11-14(17)10-15(19)16(20)18-8-7-13-6-4-5-12(2)9-13/h10-13H,3-9,17H2,1-2H3,(H,18,20). The van der Waals surface area contributed by atoms with Gasteiger partial charge < -0.3 is 15.6 Å². The van der Waals surface area contributed by atoms with E-state index in [9.17, 15) is 4.79 Å². The van der Waals surface area contributed by atoms with Crippen molar-refractivity contribution in [3.8, 4) is 0 Å². The summed E-state index contributed by atoms with van der Waals surface area (Å²) in [6, 6.07) is 1.75. The number of amides is 1. The minimum Gasteiger partial charge on any atom is -0.397 e. The number of hydrogen-bond donors (Lipinski definition) is 2. The van der Waals surface area contributed by atoms with Gasteiger partial charge in [0.15, 0.2) is 0 Å². The molecule has 1 aromatic rings. The zero-order valence-corrected chi connectivity index (χ0v) is 12.7. The van der Waals surface area contributed by atoms with Crippen LogP contribution in [0.25, 0.3) is 0 Å². The Labute approximate surface area is 121 Å². The fourth-order valence-corrected chi connectivity index (χ4v) is 3.29. The number of carbonyl (C=O) groups excluding carboxylic acids is 1. The Morgan fingerprint density at radius 3 is 3.00 bits per heavy atom. The van der Waals surface area contributed by atoms with Crippen LogP contribution in [0.4, 0.5) is 5.69 Å². The van der Waals surface area contributed by atoms with Crippen LogP contribution in [0.5, 0.6) is 0 Å². The highest BCUT2D eigenvalue weighted by Gasteiger charge is 2.19. The topological polar surface area (TPSA) is 60.0 Å². The van der Waals surface area contributed by atoms with E-state index in [4.69, 9.17) is 5.73 Å². The third kappa shape index (κ3) is 3.78. The van der Waals surface area contributed by atoms with Crippen LogP contribution in [-0.4, -0.2) is 17.0 Å². The molecule has 1 amide bonds. The molecule has 112 valence electrons. The minimum absolute atomic E-state index is 0.00703. The van der Waals surface area contributed by atoms with Crippen molar-refractivity contribution in [2.24, 2.45) is 11.8 Å². The van der Waals surface area contributed by atoms with E-state index in [1.54, 1.807) is 6.07 Å². The summed E-state index contributed by atoms with van der Waals surface area (Å²) in [5.74, 6) is 1.62. The van der Waals surface area contributed by atoms with Crippen molar-refractivity contribution in [1.82, 2.24) is 9.88 Å². The molecule has 1 fully saturated rings. The van der Waals surface area contributed by atoms with Gasteiger partial charge in [0.1, 0.15) is 5.69 Å². The first kappa shape index (κ1) is 14.9. The third-order valence-corrected chi connectivity index (χ3v) is 4.37. The maximum atomic E-state index is 12.2. The number of aromatic nitrogens is 1. The van der Waals surface area contributed by atoms with Gasteiger partial charge >= 0.3 is 0 Å². The van der Waals surface area contributed by atoms with E-state index in [0.717, 1.165) is 31.3 Å². The predicted molar refractivity (Wildman–Crippen MR) is 82.6 cm³/mol. The van der Waals surface area contributed by atoms with Crippen LogP contribution in [-0.2, 0) is 6.54 Å². The highest BCUT2D eigenvalue weighted by atomic mass is 16.1. The van der Waals surface area contributed by atoms with Crippen LogP contribution in [0.2, 0.25) is 0 Å². The first-order valence-corrected chi connectivity index (χ1v) is 7.84. The summed E-state index contributed by atoms with van der Waals surface area (Å²) >= 11 is 0. The molecule has 0 saturated heterocycles. The van der Waals surface area contributed by atoms with E-state index in [0.29, 0.717) is 11.4 Å². The van der Waals surface area contributed by atoms with E-state index < -0.39 is 0 Å². The molecule has 1 aliphatic rings. The molecule has 0 aromatic carbocycles. The maximum Gasteiger partial charge on any atom is 0.267 e. The molecule has 20 heavy (non-hydrogen) atoms. The van der Waals surface area contributed by atoms with Gasteiger partial charge in [-0.25, -0.2) is 0 Å². The van der Waals surface area contributed by atoms with Crippen molar-refractivity contribution < 1.29 is 4.79 Å². The highest BCUT2D eigenvalue weighted by Crippen LogP contribution is 2.30. The minimum atomic E-state index is -0.00703. The van der Waals surface area contributed by atoms with Crippen LogP contribution < -0.4 is 11.1 Å². The van der Waals surface area contributed by atoms with Crippen LogP contribution in [0.3, 0.4) is 0 Å². The molecule has 2 rings (SSSR count). The molecule has 4 nitrogen and oxygen atoms in total. The molecule has 1 aromatic heterocycles. The molecule has 0 radical (unpaired) electrons. The smallest absolute Gasteiger partial charge is 0.267 e. The zero-order valence-electron chi connectivity index (χ0n) is 12.7. The molecule has 4 heteroatoms. The summed E-state index contributed by atoms with van der Waals surface area (Å²) in [4.78, 5) is 12.2. The Morgan fingerprint density at radius 2 is 2.30 bits per heavy atom. The highest BCUT2D eigenvalue weighted by molar-refractivity contribution is 5.93. The summed E-state index contributed by atoms with van der Waals surface area (Å²) < 4.78 is 1.90. The number of rotatable bonds is 5. The molecule has 0 spiro atoms. The summed E-state index contributed by atoms with van der Waals surface area (Å²) in [6.07, 6.45) is 8.25. The average molecular weight is 277 g/mol. The molecule has 1 saturated carbocycles. The van der Waals surface area contributed by atoms with Gasteiger partial charge in [-0.15, -0.1) is 0 Å². The van der Waals surface area contributed by atoms with Crippen molar-refractivity contribution in [1.29, 1.82) is 0 Å². The number of hydrogen-bond acceptors (Lipinski definition) is 2. The monoisotopic (exact) mass is 277 g/mol. The summed E-state index contributed by atoms with van der Waals surface area (Å²) in [5.41, 5.74) is 7.07. The lowest BCUT2D eigenvalue weighted by Gasteiger charge is -2.26. The normalized spacial score (nSPS) is 22.7. The lowest BCUT2D eigenvalue weighted by molar-refractivity contribution is 0.0940. The van der Waals surface area contributed by atoms with E-state index in [-0.39, 0.29) is 5.91 Å². The average Bonchev–Trinajstić information content (AvgIpc) is 2.80. The van der Waals surface area contributed by atoms with E-state index in [2.05, 4.69) is 12.2 Å². The van der Waals surface area contributed by atoms with Crippen molar-refractivity contribution in [3.63, 3.8) is 0 Å². The number of nitrogens with two attached hydrogens (primary N) is 1. The van der Waals surface area contributed by atoms with E-state index in [1.165, 1.54) is 25.7 Å². The Balaban J connectivity index is 1.80. The fraction of sp³-hybridized carbons (Fsp3) is 0.688. The second kappa shape index (κ2) is 6.82. The first-order valence-electron chi connectivity index (χ1n) is 7.84. The number of carbonyl (C=O) groups is 1. The molecule has 2 atom stereocenters. The second-order valence-corrected chi connectivity index (χ2v) is 6.13. The molecule has 3 N–H and O–H groups in total. The van der Waals surface area contributed by atoms with Gasteiger partial charge in [0.2, 0.25) is 0 Å². The molecule has 0 bridgehead atoms. The second-order valence-electron chi connectivity index (χ2n) is 6.13. The summed E-state index contributed by atoms with van der Waals surface area (Å²) in [7, 11) is 0. The number of nitrogens with zero attached hydrogens (tertiary/aromatic N) is 1. The Morgan fingerprint density at radius 1 is 1.50 bits per heavy atom. The van der Waals surface area contributed by atoms with Gasteiger partial charge in [-0.1, -0.05) is 26.2 Å². The van der Waals surface area contributed by atoms with Gasteiger partial charge in [0.05, 0.1) is 5.69 Å². The van der Waals surface area contributed by atoms with Gasteiger partial charge in [-0.2, -0.15) is 0 Å². The van der Waals surface area contributed by atoms with Crippen LogP contribution in [0, 0.1) is 11.8 Å². The maximum absolute atomic E-state index is 12.2. The summed E-state index contributed by atoms with van der Waals surface area (Å²) in [6.45, 7) is 5.88. The Kier molecular flexibility index (Phi) is 5.10. The van der Waals surface area contributed by atoms with Gasteiger partial charge in [-0.3, -0.25) is 4.79 Å². The fourth-order valence-electron chi connectivity index (χ4n) is 3.29. The number of nitrogens with one attached hydrogen (secondary N) is 1. The van der Waals surface area contributed by atoms with Gasteiger partial charge in [-0.05, 0) is 37.7 Å². The molecular weight excluding hydrogens is 250 g/mol. The lowest BCUT2D eigenvalue weighted by atomic mass is 9.81. The van der Waals surface area contributed by atoms with E-state index >= 15 is 0 Å². The molecular formula is C16H27N3O. The van der Waals surface area contributed by atoms with Crippen LogP contribution in [0.1, 0.15) is 56.4 Å². The zero-order chi connectivity index (χ0) is 14.5. The summed E-state index contributed by atoms with van der Waals surface area (Å²) in [5, 5.41) is 3.03. The number of anilines is 1. The van der Waals surface area contributed by atoms with Gasteiger partial charge in [0.25, 0.3) is 5.91 Å². The van der Waals surface area contributed by atoms with Crippen LogP contribution in [0.15, 0.2) is 12.3 Å². The van der Waals surface area contributed by atoms with Crippen molar-refractivity contribution in [2.45, 2.75) is 52.5 Å². The van der Waals surface area contributed by atoms with Crippen molar-refractivity contribution in [3.05, 3.63) is 18.0 Å². The molecule has 0 aliphatic heterocycles. The largest absolute Gasteiger partial charge is 0.397 e. The van der Waals surface area contributed by atoms with E-state index in [1.807, 2.05) is 17.7 Å². The van der Waals surface area contributed by atoms with Crippen molar-refractivity contribution in [2.75, 3.05) is 12.3 Å². The number of aryl methyl sites for hydroxylation is 1. The quantitative estimate of drug-likeness (QED) is 0.869. The predicted octanol–water partition coefficient (Wildman–Crippen LogP) is 3.04. The molecule has 1 aliphatic carbocycles. The molecule has 2 unspecified atom stereocenters. The van der Waals surface area contributed by atoms with Crippen LogP contribution >= 0.6 is 0 Å². The third-order valence-electron chi connectivity index (χ3n) is 4.37. The first-order chi connectivity index (χ1) is 9.60. The van der Waals surface area contributed by atoms with Crippen molar-refractivity contribution >= 4 is 11.6 Å². The molecule has 1 heterocycles. The SMILES string of the molecule is CCn1cc(N)cc1C(=O)NCCC1CCCC(C)C1. The Bertz CT molecular complexity index is 453. The Hall–Kier alpha value is -1.45.